The van der Waals surface area contributed by atoms with E-state index in [-0.39, 0.29) is 11.1 Å². The summed E-state index contributed by atoms with van der Waals surface area (Å²) >= 11 is 3.07. The monoisotopic (exact) mass is 229 g/mol. The standard InChI is InChI=1S/C8H8BrNO2/c1-12-6-2-3-10-7(4-6)8(11)5-9/h2-4H,5H2,1H3. The molecule has 1 aromatic heterocycles. The molecule has 64 valence electrons. The van der Waals surface area contributed by atoms with Gasteiger partial charge in [-0.1, -0.05) is 15.9 Å². The van der Waals surface area contributed by atoms with E-state index in [0.29, 0.717) is 11.4 Å². The second-order valence-corrected chi connectivity index (χ2v) is 2.70. The summed E-state index contributed by atoms with van der Waals surface area (Å²) in [5, 5.41) is 0.285. The zero-order valence-corrected chi connectivity index (χ0v) is 8.17. The minimum Gasteiger partial charge on any atom is -0.497 e. The molecule has 0 radical (unpaired) electrons. The maximum atomic E-state index is 11.1. The van der Waals surface area contributed by atoms with Crippen LogP contribution >= 0.6 is 15.9 Å². The Kier molecular flexibility index (Phi) is 3.22. The van der Waals surface area contributed by atoms with Crippen molar-refractivity contribution in [2.75, 3.05) is 12.4 Å². The van der Waals surface area contributed by atoms with Gasteiger partial charge < -0.3 is 4.74 Å². The number of methoxy groups -OCH3 is 1. The minimum atomic E-state index is -0.0473. The largest absolute Gasteiger partial charge is 0.497 e. The van der Waals surface area contributed by atoms with Gasteiger partial charge in [0.15, 0.2) is 5.78 Å². The SMILES string of the molecule is COc1ccnc(C(=O)CBr)c1. The molecule has 12 heavy (non-hydrogen) atoms. The summed E-state index contributed by atoms with van der Waals surface area (Å²) in [4.78, 5) is 15.0. The molecule has 0 bridgehead atoms. The van der Waals surface area contributed by atoms with E-state index in [1.54, 1.807) is 25.4 Å². The van der Waals surface area contributed by atoms with Crippen molar-refractivity contribution >= 4 is 21.7 Å². The van der Waals surface area contributed by atoms with Crippen molar-refractivity contribution in [3.05, 3.63) is 24.0 Å². The molecule has 0 saturated carbocycles. The zero-order valence-electron chi connectivity index (χ0n) is 6.58. The van der Waals surface area contributed by atoms with Gasteiger partial charge >= 0.3 is 0 Å². The number of alkyl halides is 1. The predicted octanol–water partition coefficient (Wildman–Crippen LogP) is 1.67. The number of nitrogens with zero attached hydrogens (tertiary/aromatic N) is 1. The minimum absolute atomic E-state index is 0.0473. The normalized spacial score (nSPS) is 9.50. The van der Waals surface area contributed by atoms with Crippen LogP contribution in [0.1, 0.15) is 10.5 Å². The summed E-state index contributed by atoms with van der Waals surface area (Å²) in [6, 6.07) is 3.31. The number of halogens is 1. The Morgan fingerprint density at radius 2 is 2.50 bits per heavy atom. The van der Waals surface area contributed by atoms with Crippen LogP contribution in [-0.2, 0) is 0 Å². The first-order valence-corrected chi connectivity index (χ1v) is 4.49. The lowest BCUT2D eigenvalue weighted by Gasteiger charge is -2.00. The van der Waals surface area contributed by atoms with Crippen LogP contribution in [0.5, 0.6) is 5.75 Å². The van der Waals surface area contributed by atoms with Crippen LogP contribution in [0, 0.1) is 0 Å². The van der Waals surface area contributed by atoms with Crippen molar-refractivity contribution in [3.8, 4) is 5.75 Å². The third-order valence-corrected chi connectivity index (χ3v) is 1.88. The van der Waals surface area contributed by atoms with Crippen LogP contribution in [0.3, 0.4) is 0 Å². The van der Waals surface area contributed by atoms with E-state index >= 15 is 0 Å². The summed E-state index contributed by atoms with van der Waals surface area (Å²) in [5.41, 5.74) is 0.422. The summed E-state index contributed by atoms with van der Waals surface area (Å²) in [6.07, 6.45) is 1.55. The molecule has 0 aliphatic carbocycles. The number of aromatic nitrogens is 1. The number of hydrogen-bond donors (Lipinski definition) is 0. The Morgan fingerprint density at radius 3 is 3.08 bits per heavy atom. The molecule has 4 heteroatoms. The van der Waals surface area contributed by atoms with E-state index in [9.17, 15) is 4.79 Å². The fourth-order valence-electron chi connectivity index (χ4n) is 0.759. The van der Waals surface area contributed by atoms with E-state index in [1.807, 2.05) is 0 Å². The molecule has 0 N–H and O–H groups in total. The number of Topliss-reactive ketones (excluding diaryl/α,β-unsaturated/α-hetero) is 1. The van der Waals surface area contributed by atoms with Gasteiger partial charge in [-0.2, -0.15) is 0 Å². The van der Waals surface area contributed by atoms with Gasteiger partial charge in [0.2, 0.25) is 0 Å². The van der Waals surface area contributed by atoms with Crippen molar-refractivity contribution < 1.29 is 9.53 Å². The van der Waals surface area contributed by atoms with Gasteiger partial charge in [0.25, 0.3) is 0 Å². The third kappa shape index (κ3) is 2.04. The maximum Gasteiger partial charge on any atom is 0.191 e. The van der Waals surface area contributed by atoms with Crippen LogP contribution in [0.15, 0.2) is 18.3 Å². The van der Waals surface area contributed by atoms with Crippen molar-refractivity contribution in [2.24, 2.45) is 0 Å². The smallest absolute Gasteiger partial charge is 0.191 e. The highest BCUT2D eigenvalue weighted by molar-refractivity contribution is 9.09. The molecule has 0 unspecified atom stereocenters. The van der Waals surface area contributed by atoms with E-state index in [1.165, 1.54) is 0 Å². The highest BCUT2D eigenvalue weighted by Gasteiger charge is 2.05. The van der Waals surface area contributed by atoms with Crippen LogP contribution < -0.4 is 4.74 Å². The van der Waals surface area contributed by atoms with E-state index < -0.39 is 0 Å². The maximum absolute atomic E-state index is 11.1. The Hall–Kier alpha value is -0.900. The Morgan fingerprint density at radius 1 is 1.75 bits per heavy atom. The Balaban J connectivity index is 2.93. The molecule has 0 fully saturated rings. The van der Waals surface area contributed by atoms with Gasteiger partial charge in [-0.05, 0) is 6.07 Å². The van der Waals surface area contributed by atoms with Gasteiger partial charge in [-0.15, -0.1) is 0 Å². The molecule has 1 aromatic rings. The highest BCUT2D eigenvalue weighted by atomic mass is 79.9. The van der Waals surface area contributed by atoms with Crippen LogP contribution in [0.4, 0.5) is 0 Å². The number of hydrogen-bond acceptors (Lipinski definition) is 3. The lowest BCUT2D eigenvalue weighted by molar-refractivity contribution is 0.101. The van der Waals surface area contributed by atoms with Gasteiger partial charge in [0.1, 0.15) is 11.4 Å². The predicted molar refractivity (Wildman–Crippen MR) is 48.9 cm³/mol. The van der Waals surface area contributed by atoms with Crippen LogP contribution in [0.25, 0.3) is 0 Å². The Labute approximate surface area is 78.9 Å². The lowest BCUT2D eigenvalue weighted by atomic mass is 10.3. The zero-order chi connectivity index (χ0) is 8.97. The molecular weight excluding hydrogens is 222 g/mol. The molecule has 0 aliphatic rings. The van der Waals surface area contributed by atoms with E-state index in [0.717, 1.165) is 0 Å². The molecule has 1 rings (SSSR count). The number of carbonyl (C=O) groups excluding carboxylic acids is 1. The topological polar surface area (TPSA) is 39.2 Å². The molecule has 1 heterocycles. The number of carbonyl (C=O) groups is 1. The van der Waals surface area contributed by atoms with Gasteiger partial charge in [-0.25, -0.2) is 0 Å². The second-order valence-electron chi connectivity index (χ2n) is 2.14. The summed E-state index contributed by atoms with van der Waals surface area (Å²) in [6.45, 7) is 0. The van der Waals surface area contributed by atoms with E-state index in [2.05, 4.69) is 20.9 Å². The first-order chi connectivity index (χ1) is 5.77. The molecule has 0 amide bonds. The van der Waals surface area contributed by atoms with Crippen LogP contribution in [0.2, 0.25) is 0 Å². The second kappa shape index (κ2) is 4.21. The van der Waals surface area contributed by atoms with Gasteiger partial charge in [0, 0.05) is 12.3 Å². The number of pyridine rings is 1. The fourth-order valence-corrected chi connectivity index (χ4v) is 1.05. The van der Waals surface area contributed by atoms with Crippen LogP contribution in [-0.4, -0.2) is 23.2 Å². The van der Waals surface area contributed by atoms with Crippen molar-refractivity contribution in [3.63, 3.8) is 0 Å². The van der Waals surface area contributed by atoms with Crippen molar-refractivity contribution in [2.45, 2.75) is 0 Å². The summed E-state index contributed by atoms with van der Waals surface area (Å²) in [7, 11) is 1.55. The first-order valence-electron chi connectivity index (χ1n) is 3.37. The lowest BCUT2D eigenvalue weighted by Crippen LogP contribution is -2.02. The molecule has 0 aliphatic heterocycles. The number of ketones is 1. The average molecular weight is 230 g/mol. The summed E-state index contributed by atoms with van der Waals surface area (Å²) < 4.78 is 4.94. The molecule has 0 saturated heterocycles. The summed E-state index contributed by atoms with van der Waals surface area (Å²) in [5.74, 6) is 0.600. The Bertz CT molecular complexity index is 288. The molecular formula is C8H8BrNO2. The van der Waals surface area contributed by atoms with Gasteiger partial charge in [-0.3, -0.25) is 9.78 Å². The highest BCUT2D eigenvalue weighted by Crippen LogP contribution is 2.10. The first kappa shape index (κ1) is 9.19. The molecule has 0 atom stereocenters. The fraction of sp³-hybridized carbons (Fsp3) is 0.250. The van der Waals surface area contributed by atoms with Gasteiger partial charge in [0.05, 0.1) is 12.4 Å². The van der Waals surface area contributed by atoms with Crippen molar-refractivity contribution in [1.82, 2.24) is 4.98 Å². The molecule has 3 nitrogen and oxygen atoms in total. The average Bonchev–Trinajstić information content (AvgIpc) is 2.17. The number of ether oxygens (including phenoxy) is 1. The van der Waals surface area contributed by atoms with Crippen molar-refractivity contribution in [1.29, 1.82) is 0 Å². The number of rotatable bonds is 3. The quantitative estimate of drug-likeness (QED) is 0.585. The molecule has 0 aromatic carbocycles. The van der Waals surface area contributed by atoms with E-state index in [4.69, 9.17) is 4.74 Å². The third-order valence-electron chi connectivity index (χ3n) is 1.37. The molecule has 0 spiro atoms.